The highest BCUT2D eigenvalue weighted by Gasteiger charge is 2.21. The molecule has 1 aromatic rings. The van der Waals surface area contributed by atoms with Gasteiger partial charge in [0.1, 0.15) is 0 Å². The fourth-order valence-electron chi connectivity index (χ4n) is 2.56. The monoisotopic (exact) mass is 277 g/mol. The van der Waals surface area contributed by atoms with Gasteiger partial charge in [0.05, 0.1) is 0 Å². The standard InChI is InChI=1S/C14H19N3OS/c18-14-15-6-7-17(14)13-3-1-2-12(10-13)16-11-4-8-19-9-5-11/h1-3,10-11,16H,4-9H2,(H,15,18). The molecule has 0 radical (unpaired) electrons. The van der Waals surface area contributed by atoms with Gasteiger partial charge in [0, 0.05) is 30.5 Å². The van der Waals surface area contributed by atoms with Crippen molar-refractivity contribution in [3.05, 3.63) is 24.3 Å². The Labute approximate surface area is 117 Å². The van der Waals surface area contributed by atoms with Crippen molar-refractivity contribution in [2.45, 2.75) is 18.9 Å². The van der Waals surface area contributed by atoms with Crippen molar-refractivity contribution in [2.24, 2.45) is 0 Å². The Morgan fingerprint density at radius 1 is 1.32 bits per heavy atom. The molecule has 2 aliphatic rings. The van der Waals surface area contributed by atoms with E-state index in [0.29, 0.717) is 6.04 Å². The highest BCUT2D eigenvalue weighted by Crippen LogP contribution is 2.24. The van der Waals surface area contributed by atoms with Crippen molar-refractivity contribution in [3.63, 3.8) is 0 Å². The van der Waals surface area contributed by atoms with Gasteiger partial charge in [-0.15, -0.1) is 0 Å². The molecule has 2 N–H and O–H groups in total. The van der Waals surface area contributed by atoms with Gasteiger partial charge in [0.15, 0.2) is 0 Å². The molecule has 1 aromatic carbocycles. The van der Waals surface area contributed by atoms with Crippen LogP contribution in [0.25, 0.3) is 0 Å². The minimum absolute atomic E-state index is 0.00576. The highest BCUT2D eigenvalue weighted by atomic mass is 32.2. The fourth-order valence-corrected chi connectivity index (χ4v) is 3.67. The van der Waals surface area contributed by atoms with Crippen LogP contribution in [0.5, 0.6) is 0 Å². The second-order valence-corrected chi connectivity index (χ2v) is 6.19. The van der Waals surface area contributed by atoms with Crippen molar-refractivity contribution in [3.8, 4) is 0 Å². The van der Waals surface area contributed by atoms with Crippen molar-refractivity contribution in [2.75, 3.05) is 34.8 Å². The molecule has 4 nitrogen and oxygen atoms in total. The Bertz CT molecular complexity index is 460. The first-order valence-corrected chi connectivity index (χ1v) is 7.98. The number of anilines is 2. The topological polar surface area (TPSA) is 44.4 Å². The zero-order valence-corrected chi connectivity index (χ0v) is 11.7. The van der Waals surface area contributed by atoms with E-state index >= 15 is 0 Å². The summed E-state index contributed by atoms with van der Waals surface area (Å²) < 4.78 is 0. The average molecular weight is 277 g/mol. The van der Waals surface area contributed by atoms with Gasteiger partial charge in [-0.2, -0.15) is 11.8 Å². The molecule has 0 saturated carbocycles. The number of rotatable bonds is 3. The van der Waals surface area contributed by atoms with Crippen LogP contribution < -0.4 is 15.5 Å². The number of carbonyl (C=O) groups excluding carboxylic acids is 1. The molecule has 0 atom stereocenters. The predicted octanol–water partition coefficient (Wildman–Crippen LogP) is 2.52. The lowest BCUT2D eigenvalue weighted by molar-refractivity contribution is 0.252. The summed E-state index contributed by atoms with van der Waals surface area (Å²) in [5.41, 5.74) is 2.10. The molecule has 2 fully saturated rings. The lowest BCUT2D eigenvalue weighted by atomic mass is 10.1. The minimum Gasteiger partial charge on any atom is -0.382 e. The predicted molar refractivity (Wildman–Crippen MR) is 81.2 cm³/mol. The molecule has 19 heavy (non-hydrogen) atoms. The van der Waals surface area contributed by atoms with Gasteiger partial charge in [0.25, 0.3) is 0 Å². The maximum atomic E-state index is 11.7. The van der Waals surface area contributed by atoms with E-state index < -0.39 is 0 Å². The first-order chi connectivity index (χ1) is 9.33. The quantitative estimate of drug-likeness (QED) is 0.892. The maximum Gasteiger partial charge on any atom is 0.321 e. The zero-order valence-electron chi connectivity index (χ0n) is 10.9. The van der Waals surface area contributed by atoms with Crippen LogP contribution in [0.3, 0.4) is 0 Å². The normalized spacial score (nSPS) is 20.4. The summed E-state index contributed by atoms with van der Waals surface area (Å²) in [6.45, 7) is 1.48. The maximum absolute atomic E-state index is 11.7. The number of amides is 2. The van der Waals surface area contributed by atoms with Crippen molar-refractivity contribution in [1.29, 1.82) is 0 Å². The summed E-state index contributed by atoms with van der Waals surface area (Å²) in [5, 5.41) is 6.42. The first-order valence-electron chi connectivity index (χ1n) is 6.83. The third-order valence-corrected chi connectivity index (χ3v) is 4.66. The number of nitrogens with zero attached hydrogens (tertiary/aromatic N) is 1. The van der Waals surface area contributed by atoms with Crippen molar-refractivity contribution < 1.29 is 4.79 Å². The van der Waals surface area contributed by atoms with Crippen molar-refractivity contribution in [1.82, 2.24) is 5.32 Å². The molecule has 102 valence electrons. The lowest BCUT2D eigenvalue weighted by Crippen LogP contribution is -2.28. The highest BCUT2D eigenvalue weighted by molar-refractivity contribution is 7.99. The second kappa shape index (κ2) is 5.74. The number of nitrogens with one attached hydrogen (secondary N) is 2. The van der Waals surface area contributed by atoms with Crippen LogP contribution in [-0.4, -0.2) is 36.7 Å². The Morgan fingerprint density at radius 3 is 2.89 bits per heavy atom. The van der Waals surface area contributed by atoms with E-state index in [9.17, 15) is 4.79 Å². The SMILES string of the molecule is O=C1NCCN1c1cccc(NC2CCSCC2)c1. The van der Waals surface area contributed by atoms with Gasteiger partial charge < -0.3 is 10.6 Å². The summed E-state index contributed by atoms with van der Waals surface area (Å²) >= 11 is 2.03. The molecule has 0 aromatic heterocycles. The van der Waals surface area contributed by atoms with Gasteiger partial charge in [0.2, 0.25) is 0 Å². The molecule has 0 aliphatic carbocycles. The largest absolute Gasteiger partial charge is 0.382 e. The molecule has 3 rings (SSSR count). The number of hydrogen-bond donors (Lipinski definition) is 2. The first kappa shape index (κ1) is 12.7. The number of thioether (sulfide) groups is 1. The molecule has 0 bridgehead atoms. The van der Waals surface area contributed by atoms with Gasteiger partial charge in [-0.05, 0) is 42.5 Å². The Balaban J connectivity index is 1.70. The summed E-state index contributed by atoms with van der Waals surface area (Å²) in [6, 6.07) is 8.75. The van der Waals surface area contributed by atoms with E-state index in [1.54, 1.807) is 4.90 Å². The molecule has 2 heterocycles. The second-order valence-electron chi connectivity index (χ2n) is 4.96. The van der Waals surface area contributed by atoms with Crippen LogP contribution in [0.15, 0.2) is 24.3 Å². The number of benzene rings is 1. The van der Waals surface area contributed by atoms with Crippen LogP contribution >= 0.6 is 11.8 Å². The number of carbonyl (C=O) groups is 1. The Hall–Kier alpha value is -1.36. The average Bonchev–Trinajstić information content (AvgIpc) is 2.86. The van der Waals surface area contributed by atoms with Crippen LogP contribution in [-0.2, 0) is 0 Å². The molecule has 0 spiro atoms. The lowest BCUT2D eigenvalue weighted by Gasteiger charge is -2.24. The third kappa shape index (κ3) is 2.97. The molecule has 2 aliphatic heterocycles. The smallest absolute Gasteiger partial charge is 0.321 e. The summed E-state index contributed by atoms with van der Waals surface area (Å²) in [7, 11) is 0. The van der Waals surface area contributed by atoms with Crippen LogP contribution in [0.1, 0.15) is 12.8 Å². The van der Waals surface area contributed by atoms with E-state index in [-0.39, 0.29) is 6.03 Å². The summed E-state index contributed by atoms with van der Waals surface area (Å²) in [6.07, 6.45) is 2.44. The molecule has 0 unspecified atom stereocenters. The van der Waals surface area contributed by atoms with Gasteiger partial charge in [-0.3, -0.25) is 4.90 Å². The molecular formula is C14H19N3OS. The Morgan fingerprint density at radius 2 is 2.16 bits per heavy atom. The number of hydrogen-bond acceptors (Lipinski definition) is 3. The number of urea groups is 1. The van der Waals surface area contributed by atoms with Crippen LogP contribution in [0.2, 0.25) is 0 Å². The van der Waals surface area contributed by atoms with E-state index in [4.69, 9.17) is 0 Å². The molecule has 2 saturated heterocycles. The minimum atomic E-state index is 0.00576. The summed E-state index contributed by atoms with van der Waals surface area (Å²) in [4.78, 5) is 13.5. The zero-order chi connectivity index (χ0) is 13.1. The molecule has 2 amide bonds. The van der Waals surface area contributed by atoms with Crippen LogP contribution in [0.4, 0.5) is 16.2 Å². The third-order valence-electron chi connectivity index (χ3n) is 3.61. The van der Waals surface area contributed by atoms with E-state index in [0.717, 1.165) is 24.5 Å². The Kier molecular flexibility index (Phi) is 3.82. The van der Waals surface area contributed by atoms with Crippen molar-refractivity contribution >= 4 is 29.2 Å². The molecular weight excluding hydrogens is 258 g/mol. The van der Waals surface area contributed by atoms with Gasteiger partial charge in [-0.1, -0.05) is 6.07 Å². The van der Waals surface area contributed by atoms with E-state index in [2.05, 4.69) is 22.8 Å². The van der Waals surface area contributed by atoms with E-state index in [1.165, 1.54) is 24.3 Å². The fraction of sp³-hybridized carbons (Fsp3) is 0.500. The molecule has 5 heteroatoms. The van der Waals surface area contributed by atoms with Gasteiger partial charge in [-0.25, -0.2) is 4.79 Å². The summed E-state index contributed by atoms with van der Waals surface area (Å²) in [5.74, 6) is 2.48. The van der Waals surface area contributed by atoms with E-state index in [1.807, 2.05) is 23.9 Å². The van der Waals surface area contributed by atoms with Gasteiger partial charge >= 0.3 is 6.03 Å². The van der Waals surface area contributed by atoms with Crippen LogP contribution in [0, 0.1) is 0 Å².